The van der Waals surface area contributed by atoms with E-state index in [4.69, 9.17) is 47.4 Å². The molecule has 3 saturated heterocycles. The van der Waals surface area contributed by atoms with Gasteiger partial charge in [-0.05, 0) is 53.3 Å². The third-order valence-corrected chi connectivity index (χ3v) is 12.2. The van der Waals surface area contributed by atoms with Gasteiger partial charge in [0.15, 0.2) is 12.6 Å². The molecule has 0 aromatic rings. The summed E-state index contributed by atoms with van der Waals surface area (Å²) in [4.78, 5) is 50.1. The number of rotatable bonds is 12. The summed E-state index contributed by atoms with van der Waals surface area (Å²) >= 11 is 1.61. The highest BCUT2D eigenvalue weighted by atomic mass is 32.2. The Balaban J connectivity index is 1.05. The van der Waals surface area contributed by atoms with E-state index in [-0.39, 0.29) is 23.3 Å². The number of thioether (sulfide) groups is 2. The van der Waals surface area contributed by atoms with Gasteiger partial charge in [0.05, 0.1) is 48.2 Å². The van der Waals surface area contributed by atoms with Crippen molar-refractivity contribution in [3.05, 3.63) is 47.0 Å². The summed E-state index contributed by atoms with van der Waals surface area (Å²) in [6.07, 6.45) is -14.1. The van der Waals surface area contributed by atoms with Gasteiger partial charge in [0.25, 0.3) is 0 Å². The third-order valence-electron chi connectivity index (χ3n) is 11.3. The molecule has 0 saturated carbocycles. The maximum absolute atomic E-state index is 13.7. The third kappa shape index (κ3) is 8.55. The molecule has 8 N–H and O–H groups in total. The highest BCUT2D eigenvalue weighted by Crippen LogP contribution is 2.50. The van der Waals surface area contributed by atoms with Crippen LogP contribution >= 0.6 is 23.5 Å². The molecule has 0 aromatic carbocycles. The topological polar surface area (TPSA) is 322 Å². The van der Waals surface area contributed by atoms with E-state index in [0.717, 1.165) is 36.0 Å². The fourth-order valence-corrected chi connectivity index (χ4v) is 8.58. The molecule has 0 unspecified atom stereocenters. The first kappa shape index (κ1) is 44.7. The van der Waals surface area contributed by atoms with Crippen LogP contribution in [-0.4, -0.2) is 189 Å². The molecule has 0 radical (unpaired) electrons. The normalized spacial score (nSPS) is 41.6. The van der Waals surface area contributed by atoms with Gasteiger partial charge in [0, 0.05) is 11.8 Å². The monoisotopic (exact) mass is 892 g/mol. The molecule has 24 heteroatoms. The van der Waals surface area contributed by atoms with Crippen molar-refractivity contribution in [1.29, 1.82) is 0 Å². The van der Waals surface area contributed by atoms with Crippen LogP contribution in [-0.2, 0) is 57.0 Å². The number of aliphatic hydroxyl groups is 8. The first-order valence-corrected chi connectivity index (χ1v) is 21.0. The molecule has 7 aliphatic rings. The first-order chi connectivity index (χ1) is 28.7. The number of carbonyl (C=O) groups is 4. The van der Waals surface area contributed by atoms with Crippen LogP contribution in [0.1, 0.15) is 0 Å². The zero-order valence-electron chi connectivity index (χ0n) is 31.6. The van der Waals surface area contributed by atoms with E-state index in [2.05, 4.69) is 0 Å². The quantitative estimate of drug-likeness (QED) is 0.0561. The SMILES string of the molecule is CSC(=O)OCC1=C[C@@H]2OC(=O)C3=CO[C@@H](O[C@@H]4O[C@H](COC(=O)C5=CO[C@@H](O[C@@H]6O[C@H](CO)[C@@H](O)[C@@H](O)[C@H]6O)[C@@H]6C(COC(=O)SC)=C[C@H](O)[C@H]56)[C@@H](O)[C@@H](O)[C@H]4O)[C@H]1[C@@H]32. The van der Waals surface area contributed by atoms with E-state index in [9.17, 15) is 60.0 Å². The van der Waals surface area contributed by atoms with Crippen molar-refractivity contribution in [2.24, 2.45) is 23.7 Å². The van der Waals surface area contributed by atoms with Crippen LogP contribution in [0.15, 0.2) is 47.0 Å². The van der Waals surface area contributed by atoms with E-state index in [1.54, 1.807) is 6.08 Å². The van der Waals surface area contributed by atoms with E-state index < -0.39 is 152 Å². The van der Waals surface area contributed by atoms with Gasteiger partial charge in [-0.1, -0.05) is 6.08 Å². The van der Waals surface area contributed by atoms with Crippen LogP contribution in [0.2, 0.25) is 0 Å². The predicted octanol–water partition coefficient (Wildman–Crippen LogP) is -2.72. The van der Waals surface area contributed by atoms with Crippen LogP contribution in [0.5, 0.6) is 0 Å². The van der Waals surface area contributed by atoms with Gasteiger partial charge < -0.3 is 88.2 Å². The largest absolute Gasteiger partial charge is 0.471 e. The molecule has 22 nitrogen and oxygen atoms in total. The van der Waals surface area contributed by atoms with Gasteiger partial charge in [-0.25, -0.2) is 19.2 Å². The van der Waals surface area contributed by atoms with E-state index >= 15 is 0 Å². The summed E-state index contributed by atoms with van der Waals surface area (Å²) in [5.74, 6) is -5.41. The zero-order valence-corrected chi connectivity index (χ0v) is 33.3. The molecule has 332 valence electrons. The smallest absolute Gasteiger partial charge is 0.367 e. The molecule has 0 bridgehead atoms. The number of ether oxygens (including phenoxy) is 10. The van der Waals surface area contributed by atoms with Crippen LogP contribution < -0.4 is 0 Å². The molecule has 5 aliphatic heterocycles. The summed E-state index contributed by atoms with van der Waals surface area (Å²) in [5, 5.41) is 83.3. The Kier molecular flexibility index (Phi) is 13.8. The van der Waals surface area contributed by atoms with Gasteiger partial charge in [-0.15, -0.1) is 0 Å². The Morgan fingerprint density at radius 1 is 0.650 bits per heavy atom. The maximum atomic E-state index is 13.7. The number of fused-ring (bicyclic) bond motifs is 1. The standard InChI is InChI=1S/C36H44O22S2/c1-59-35(47)52-6-11-3-15(38)21-13(8-50-31(19(11)21)57-33-27(43)25(41)23(39)17(5-37)55-33)29(45)49-10-18-24(40)26(42)28(44)34(56-18)58-32-20-12(7-53-36(48)60-2)4-16-22(20)14(9-51-32)30(46)54-16/h3-4,8-9,15-28,31-34,37-44H,5-7,10H2,1-2H3/t15-,16-,17+,18+,19+,20+,21-,22-,23+,24+,25+,26+,27+,28+,31-,32-,33-,34-/m0/s1. The summed E-state index contributed by atoms with van der Waals surface area (Å²) in [7, 11) is 0. The number of esters is 2. The molecular formula is C36H44O22S2. The Morgan fingerprint density at radius 3 is 1.77 bits per heavy atom. The van der Waals surface area contributed by atoms with Gasteiger partial charge in [0.1, 0.15) is 74.8 Å². The van der Waals surface area contributed by atoms with E-state index in [0.29, 0.717) is 5.57 Å². The molecule has 18 atom stereocenters. The molecule has 2 aliphatic carbocycles. The van der Waals surface area contributed by atoms with Crippen LogP contribution in [0.25, 0.3) is 0 Å². The Bertz CT molecular complexity index is 1780. The van der Waals surface area contributed by atoms with Crippen molar-refractivity contribution in [3.8, 4) is 0 Å². The van der Waals surface area contributed by atoms with Crippen molar-refractivity contribution in [2.75, 3.05) is 38.9 Å². The highest BCUT2D eigenvalue weighted by molar-refractivity contribution is 8.12. The second-order valence-electron chi connectivity index (χ2n) is 14.7. The van der Waals surface area contributed by atoms with Crippen molar-refractivity contribution in [1.82, 2.24) is 0 Å². The number of hydrogen-bond acceptors (Lipinski definition) is 24. The molecule has 7 rings (SSSR count). The molecular weight excluding hydrogens is 849 g/mol. The predicted molar refractivity (Wildman–Crippen MR) is 195 cm³/mol. The number of aliphatic hydroxyl groups excluding tert-OH is 8. The molecule has 5 heterocycles. The van der Waals surface area contributed by atoms with Gasteiger partial charge >= 0.3 is 22.5 Å². The molecule has 60 heavy (non-hydrogen) atoms. The Hall–Kier alpha value is -3.34. The average molecular weight is 893 g/mol. The van der Waals surface area contributed by atoms with Crippen molar-refractivity contribution >= 4 is 46.1 Å². The lowest BCUT2D eigenvalue weighted by atomic mass is 9.82. The lowest BCUT2D eigenvalue weighted by Crippen LogP contribution is -2.60. The molecule has 0 amide bonds. The minimum Gasteiger partial charge on any atom is -0.471 e. The average Bonchev–Trinajstić information content (AvgIpc) is 3.89. The highest BCUT2D eigenvalue weighted by Gasteiger charge is 2.57. The minimum absolute atomic E-state index is 0.198. The van der Waals surface area contributed by atoms with Crippen LogP contribution in [0.4, 0.5) is 9.59 Å². The van der Waals surface area contributed by atoms with Gasteiger partial charge in [0.2, 0.25) is 12.6 Å². The van der Waals surface area contributed by atoms with Crippen LogP contribution in [0, 0.1) is 23.7 Å². The number of carbonyl (C=O) groups excluding carboxylic acids is 4. The first-order valence-electron chi connectivity index (χ1n) is 18.6. The van der Waals surface area contributed by atoms with Crippen molar-refractivity contribution < 1.29 is 107 Å². The summed E-state index contributed by atoms with van der Waals surface area (Å²) < 4.78 is 56.0. The Morgan fingerprint density at radius 2 is 1.18 bits per heavy atom. The lowest BCUT2D eigenvalue weighted by Gasteiger charge is -2.43. The second kappa shape index (κ2) is 18.6. The molecule has 0 aromatic heterocycles. The minimum atomic E-state index is -1.90. The summed E-state index contributed by atoms with van der Waals surface area (Å²) in [5.41, 5.74) is 0.651. The second-order valence-corrected chi connectivity index (χ2v) is 16.2. The molecule has 3 fully saturated rings. The summed E-state index contributed by atoms with van der Waals surface area (Å²) in [6, 6.07) is 0. The zero-order chi connectivity index (χ0) is 43.2. The fraction of sp³-hybridized carbons (Fsp3) is 0.667. The van der Waals surface area contributed by atoms with E-state index in [1.165, 1.54) is 18.6 Å². The van der Waals surface area contributed by atoms with Crippen LogP contribution in [0.3, 0.4) is 0 Å². The van der Waals surface area contributed by atoms with Gasteiger partial charge in [-0.3, -0.25) is 0 Å². The maximum Gasteiger partial charge on any atom is 0.367 e. The summed E-state index contributed by atoms with van der Waals surface area (Å²) in [6.45, 7) is -2.10. The fourth-order valence-electron chi connectivity index (χ4n) is 8.22. The molecule has 0 spiro atoms. The van der Waals surface area contributed by atoms with Crippen molar-refractivity contribution in [2.45, 2.75) is 86.2 Å². The number of hydrogen-bond donors (Lipinski definition) is 8. The van der Waals surface area contributed by atoms with Gasteiger partial charge in [-0.2, -0.15) is 0 Å². The lowest BCUT2D eigenvalue weighted by molar-refractivity contribution is -0.340. The van der Waals surface area contributed by atoms with E-state index in [1.807, 2.05) is 0 Å². The Labute approximate surface area is 348 Å². The van der Waals surface area contributed by atoms with Crippen molar-refractivity contribution in [3.63, 3.8) is 0 Å².